The first kappa shape index (κ1) is 26.5. The van der Waals surface area contributed by atoms with Crippen LogP contribution in [0.3, 0.4) is 0 Å². The molecule has 0 bridgehead atoms. The normalized spacial score (nSPS) is 16.1. The summed E-state index contributed by atoms with van der Waals surface area (Å²) in [7, 11) is 2.26. The summed E-state index contributed by atoms with van der Waals surface area (Å²) >= 11 is 0. The van der Waals surface area contributed by atoms with Crippen molar-refractivity contribution in [3.63, 3.8) is 0 Å². The van der Waals surface area contributed by atoms with Crippen LogP contribution < -0.4 is 0 Å². The summed E-state index contributed by atoms with van der Waals surface area (Å²) in [4.78, 5) is 11.6. The first-order chi connectivity index (χ1) is 13.4. The van der Waals surface area contributed by atoms with E-state index in [1.54, 1.807) is 12.4 Å². The maximum atomic E-state index is 5.04. The third kappa shape index (κ3) is 10.8. The lowest BCUT2D eigenvalue weighted by atomic mass is 9.94. The molecule has 160 valence electrons. The molecule has 0 spiro atoms. The Hall–Kier alpha value is -1.48. The van der Waals surface area contributed by atoms with Crippen LogP contribution in [0.2, 0.25) is 0 Å². The van der Waals surface area contributed by atoms with Crippen LogP contribution in [-0.2, 0) is 0 Å². The number of unbranched alkanes of at least 4 members (excludes halogenated alkanes) is 1. The van der Waals surface area contributed by atoms with E-state index in [0.29, 0.717) is 12.0 Å². The molecule has 0 aromatic carbocycles. The maximum absolute atomic E-state index is 5.04. The zero-order valence-corrected chi connectivity index (χ0v) is 19.7. The molecular weight excluding hydrogens is 342 g/mol. The van der Waals surface area contributed by atoms with E-state index in [-0.39, 0.29) is 0 Å². The van der Waals surface area contributed by atoms with Crippen molar-refractivity contribution in [3.8, 4) is 0 Å². The van der Waals surface area contributed by atoms with E-state index in [9.17, 15) is 0 Å². The van der Waals surface area contributed by atoms with Gasteiger partial charge in [0.25, 0.3) is 0 Å². The Labute approximate surface area is 175 Å². The molecule has 0 radical (unpaired) electrons. The molecule has 0 aliphatic heterocycles. The molecule has 3 heteroatoms. The Balaban J connectivity index is 5.17. The van der Waals surface area contributed by atoms with Gasteiger partial charge in [0, 0.05) is 43.2 Å². The quantitative estimate of drug-likeness (QED) is 0.222. The molecule has 0 saturated heterocycles. The second kappa shape index (κ2) is 16.5. The van der Waals surface area contributed by atoms with E-state index in [0.717, 1.165) is 32.4 Å². The van der Waals surface area contributed by atoms with Gasteiger partial charge in [-0.15, -0.1) is 0 Å². The Morgan fingerprint density at radius 2 is 1.89 bits per heavy atom. The molecule has 0 N–H and O–H groups in total. The molecule has 0 aromatic heterocycles. The lowest BCUT2D eigenvalue weighted by molar-refractivity contribution is 0.253. The highest BCUT2D eigenvalue weighted by Crippen LogP contribution is 2.20. The van der Waals surface area contributed by atoms with Crippen molar-refractivity contribution in [2.75, 3.05) is 20.1 Å². The number of hydrogen-bond donors (Lipinski definition) is 0. The zero-order valence-electron chi connectivity index (χ0n) is 19.7. The van der Waals surface area contributed by atoms with E-state index in [1.165, 1.54) is 36.1 Å². The topological polar surface area (TPSA) is 28.0 Å². The van der Waals surface area contributed by atoms with Gasteiger partial charge < -0.3 is 0 Å². The molecule has 0 aliphatic carbocycles. The molecule has 0 aliphatic rings. The number of hydrogen-bond acceptors (Lipinski definition) is 3. The maximum Gasteiger partial charge on any atom is 0.0458 e. The smallest absolute Gasteiger partial charge is 0.0458 e. The first-order valence-corrected chi connectivity index (χ1v) is 11.1. The third-order valence-corrected chi connectivity index (χ3v) is 5.51. The summed E-state index contributed by atoms with van der Waals surface area (Å²) in [5, 5.41) is 0. The molecule has 0 amide bonds. The minimum absolute atomic E-state index is 0.507. The average Bonchev–Trinajstić information content (AvgIpc) is 2.70. The Kier molecular flexibility index (Phi) is 15.6. The average molecular weight is 388 g/mol. The fourth-order valence-corrected chi connectivity index (χ4v) is 3.30. The summed E-state index contributed by atoms with van der Waals surface area (Å²) < 4.78 is 0. The molecule has 0 saturated carbocycles. The number of allylic oxidation sites excluding steroid dienone is 3. The molecule has 0 rings (SSSR count). The predicted octanol–water partition coefficient (Wildman–Crippen LogP) is 6.87. The van der Waals surface area contributed by atoms with Gasteiger partial charge in [-0.3, -0.25) is 14.9 Å². The predicted molar refractivity (Wildman–Crippen MR) is 129 cm³/mol. The van der Waals surface area contributed by atoms with Gasteiger partial charge >= 0.3 is 0 Å². The lowest BCUT2D eigenvalue weighted by Gasteiger charge is -2.28. The van der Waals surface area contributed by atoms with Crippen molar-refractivity contribution in [3.05, 3.63) is 36.1 Å². The molecule has 2 atom stereocenters. The number of aliphatic imine (C=N–C) groups is 2. The van der Waals surface area contributed by atoms with Gasteiger partial charge in [-0.2, -0.15) is 0 Å². The van der Waals surface area contributed by atoms with Crippen molar-refractivity contribution in [1.29, 1.82) is 0 Å². The van der Waals surface area contributed by atoms with E-state index in [4.69, 9.17) is 4.99 Å². The molecule has 0 heterocycles. The molecular formula is C25H45N3. The Bertz CT molecular complexity index is 540. The minimum Gasteiger partial charge on any atom is -0.300 e. The first-order valence-electron chi connectivity index (χ1n) is 11.1. The molecule has 28 heavy (non-hydrogen) atoms. The summed E-state index contributed by atoms with van der Waals surface area (Å²) in [6, 6.07) is 0.626. The van der Waals surface area contributed by atoms with Crippen LogP contribution in [0.15, 0.2) is 46.1 Å². The van der Waals surface area contributed by atoms with Gasteiger partial charge in [0.05, 0.1) is 0 Å². The lowest BCUT2D eigenvalue weighted by Crippen LogP contribution is -2.32. The van der Waals surface area contributed by atoms with Gasteiger partial charge in [-0.25, -0.2) is 0 Å². The van der Waals surface area contributed by atoms with Crippen LogP contribution in [0.4, 0.5) is 0 Å². The van der Waals surface area contributed by atoms with E-state index in [2.05, 4.69) is 71.1 Å². The number of rotatable bonds is 15. The summed E-state index contributed by atoms with van der Waals surface area (Å²) in [6.45, 7) is 18.9. The fourth-order valence-electron chi connectivity index (χ4n) is 3.30. The fraction of sp³-hybridized carbons (Fsp3) is 0.680. The van der Waals surface area contributed by atoms with E-state index < -0.39 is 0 Å². The minimum atomic E-state index is 0.507. The van der Waals surface area contributed by atoms with Crippen LogP contribution in [-0.4, -0.2) is 43.0 Å². The SMILES string of the molecule is C=C\N=C/C=C(C)/C(CCC)=N\CC(CC)/C(=C/C)CN(C)C(C)CCCC. The van der Waals surface area contributed by atoms with E-state index in [1.807, 2.05) is 6.08 Å². The molecule has 2 unspecified atom stereocenters. The van der Waals surface area contributed by atoms with Crippen molar-refractivity contribution in [2.45, 2.75) is 86.1 Å². The van der Waals surface area contributed by atoms with Crippen molar-refractivity contribution < 1.29 is 0 Å². The molecule has 0 aromatic rings. The monoisotopic (exact) mass is 387 g/mol. The number of nitrogens with zero attached hydrogens (tertiary/aromatic N) is 3. The number of likely N-dealkylation sites (N-methyl/N-ethyl adjacent to an activating group) is 1. The zero-order chi connectivity index (χ0) is 21.4. The van der Waals surface area contributed by atoms with Crippen LogP contribution in [0.1, 0.15) is 80.1 Å². The summed E-state index contributed by atoms with van der Waals surface area (Å²) in [5.41, 5.74) is 3.93. The second-order valence-electron chi connectivity index (χ2n) is 7.74. The highest BCUT2D eigenvalue weighted by Gasteiger charge is 2.16. The second-order valence-corrected chi connectivity index (χ2v) is 7.74. The standard InChI is InChI=1S/C25H45N3/c1-9-14-16-22(7)28(8)20-24(12-4)23(11-3)19-27-25(15-10-2)21(6)17-18-26-13-5/h12-13,17-18,22-23H,5,9-11,14-16,19-20H2,1-4,6-8H3/b21-17+,24-12+,26-18-,27-25-. The highest BCUT2D eigenvalue weighted by molar-refractivity contribution is 6.02. The van der Waals surface area contributed by atoms with Gasteiger partial charge in [0.15, 0.2) is 0 Å². The van der Waals surface area contributed by atoms with E-state index >= 15 is 0 Å². The summed E-state index contributed by atoms with van der Waals surface area (Å²) in [6.07, 6.45) is 14.8. The van der Waals surface area contributed by atoms with Crippen molar-refractivity contribution >= 4 is 11.9 Å². The largest absolute Gasteiger partial charge is 0.300 e. The Morgan fingerprint density at radius 1 is 1.18 bits per heavy atom. The van der Waals surface area contributed by atoms with Crippen LogP contribution in [0.25, 0.3) is 0 Å². The van der Waals surface area contributed by atoms with Gasteiger partial charge in [-0.1, -0.05) is 58.3 Å². The van der Waals surface area contributed by atoms with Gasteiger partial charge in [0.1, 0.15) is 0 Å². The highest BCUT2D eigenvalue weighted by atomic mass is 15.1. The van der Waals surface area contributed by atoms with Crippen LogP contribution in [0, 0.1) is 5.92 Å². The van der Waals surface area contributed by atoms with Gasteiger partial charge in [-0.05, 0) is 58.7 Å². The van der Waals surface area contributed by atoms with Crippen LogP contribution >= 0.6 is 0 Å². The molecule has 3 nitrogen and oxygen atoms in total. The van der Waals surface area contributed by atoms with Crippen molar-refractivity contribution in [2.24, 2.45) is 15.9 Å². The van der Waals surface area contributed by atoms with Gasteiger partial charge in [0.2, 0.25) is 0 Å². The third-order valence-electron chi connectivity index (χ3n) is 5.51. The Morgan fingerprint density at radius 3 is 2.43 bits per heavy atom. The van der Waals surface area contributed by atoms with Crippen LogP contribution in [0.5, 0.6) is 0 Å². The molecule has 0 fully saturated rings. The summed E-state index contributed by atoms with van der Waals surface area (Å²) in [5.74, 6) is 0.507. The van der Waals surface area contributed by atoms with Crippen molar-refractivity contribution in [1.82, 2.24) is 4.90 Å².